The summed E-state index contributed by atoms with van der Waals surface area (Å²) < 4.78 is 5.84. The van der Waals surface area contributed by atoms with E-state index in [1.807, 2.05) is 39.8 Å². The normalized spacial score (nSPS) is 11.9. The fourth-order valence-corrected chi connectivity index (χ4v) is 1.61. The van der Waals surface area contributed by atoms with Gasteiger partial charge in [0, 0.05) is 0 Å². The minimum absolute atomic E-state index is 0.679. The Hall–Kier alpha value is -0.980. The third kappa shape index (κ3) is 19.0. The molecular formula is C20H40O. The van der Waals surface area contributed by atoms with E-state index in [1.165, 1.54) is 25.7 Å². The molecule has 0 amide bonds. The van der Waals surface area contributed by atoms with Crippen molar-refractivity contribution < 1.29 is 4.74 Å². The summed E-state index contributed by atoms with van der Waals surface area (Å²) in [7, 11) is 0. The second-order valence-corrected chi connectivity index (χ2v) is 4.34. The topological polar surface area (TPSA) is 9.23 Å². The Kier molecular flexibility index (Phi) is 28.7. The highest BCUT2D eigenvalue weighted by Gasteiger charge is 2.06. The predicted molar refractivity (Wildman–Crippen MR) is 99.7 cm³/mol. The van der Waals surface area contributed by atoms with Gasteiger partial charge in [-0.25, -0.2) is 0 Å². The van der Waals surface area contributed by atoms with Gasteiger partial charge in [0.05, 0.1) is 6.61 Å². The van der Waals surface area contributed by atoms with E-state index in [0.29, 0.717) is 5.92 Å². The Balaban J connectivity index is -0.000000739. The molecule has 1 nitrogen and oxygen atoms in total. The summed E-state index contributed by atoms with van der Waals surface area (Å²) in [5.41, 5.74) is 0. The summed E-state index contributed by atoms with van der Waals surface area (Å²) >= 11 is 0. The molecule has 1 unspecified atom stereocenters. The molecule has 0 aromatic heterocycles. The molecule has 0 spiro atoms. The van der Waals surface area contributed by atoms with Crippen LogP contribution in [0.4, 0.5) is 0 Å². The summed E-state index contributed by atoms with van der Waals surface area (Å²) in [5, 5.41) is 0. The monoisotopic (exact) mass is 296 g/mol. The first kappa shape index (κ1) is 25.0. The predicted octanol–water partition coefficient (Wildman–Crippen LogP) is 7.31. The first-order valence-corrected chi connectivity index (χ1v) is 8.90. The minimum Gasteiger partial charge on any atom is -0.493 e. The van der Waals surface area contributed by atoms with E-state index in [-0.39, 0.29) is 0 Å². The molecule has 0 aliphatic heterocycles. The average molecular weight is 297 g/mol. The van der Waals surface area contributed by atoms with Gasteiger partial charge in [0.2, 0.25) is 0 Å². The van der Waals surface area contributed by atoms with Gasteiger partial charge in [0.15, 0.2) is 0 Å². The summed E-state index contributed by atoms with van der Waals surface area (Å²) in [6.07, 6.45) is 13.9. The van der Waals surface area contributed by atoms with Crippen LogP contribution in [0.25, 0.3) is 0 Å². The molecule has 0 aliphatic rings. The van der Waals surface area contributed by atoms with Crippen molar-refractivity contribution in [1.82, 2.24) is 0 Å². The number of ether oxygens (including phenoxy) is 1. The molecule has 0 radical (unpaired) electrons. The lowest BCUT2D eigenvalue weighted by Crippen LogP contribution is -2.08. The summed E-state index contributed by atoms with van der Waals surface area (Å²) in [6.45, 7) is 19.1. The quantitative estimate of drug-likeness (QED) is 0.303. The zero-order valence-corrected chi connectivity index (χ0v) is 15.7. The fraction of sp³-hybridized carbons (Fsp3) is 0.700. The molecule has 126 valence electrons. The van der Waals surface area contributed by atoms with Gasteiger partial charge in [0.25, 0.3) is 0 Å². The van der Waals surface area contributed by atoms with Crippen LogP contribution >= 0.6 is 0 Å². The maximum absolute atomic E-state index is 5.84. The van der Waals surface area contributed by atoms with Crippen molar-refractivity contribution in [2.75, 3.05) is 6.61 Å². The van der Waals surface area contributed by atoms with Crippen LogP contribution in [0.1, 0.15) is 80.6 Å². The van der Waals surface area contributed by atoms with Crippen LogP contribution in [-0.4, -0.2) is 6.61 Å². The largest absolute Gasteiger partial charge is 0.493 e. The van der Waals surface area contributed by atoms with Crippen molar-refractivity contribution in [3.05, 3.63) is 36.6 Å². The molecule has 0 saturated heterocycles. The second-order valence-electron chi connectivity index (χ2n) is 4.34. The van der Waals surface area contributed by atoms with Crippen LogP contribution in [0.15, 0.2) is 36.6 Å². The highest BCUT2D eigenvalue weighted by Crippen LogP contribution is 2.15. The molecule has 0 aromatic rings. The number of rotatable bonds is 10. The van der Waals surface area contributed by atoms with Gasteiger partial charge in [-0.15, -0.1) is 0 Å². The Labute approximate surface area is 135 Å². The van der Waals surface area contributed by atoms with E-state index in [2.05, 4.69) is 33.4 Å². The maximum Gasteiger partial charge on any atom is 0.118 e. The van der Waals surface area contributed by atoms with Crippen LogP contribution in [0.3, 0.4) is 0 Å². The van der Waals surface area contributed by atoms with Gasteiger partial charge >= 0.3 is 0 Å². The van der Waals surface area contributed by atoms with Crippen molar-refractivity contribution in [3.8, 4) is 0 Å². The standard InChI is InChI=1S/C16H28O.2C2H6/c1-5-9-12-15(8-4)14-17-16(11-7-3)13-10-6-2;2*1-2/h7,10-11,13,15H,3,5-6,8-9,12,14H2,1-2,4H3;2*1-2H3/b13-10-,16-11+;;. The number of hydrogen-bond acceptors (Lipinski definition) is 1. The molecule has 21 heavy (non-hydrogen) atoms. The summed E-state index contributed by atoms with van der Waals surface area (Å²) in [6, 6.07) is 0. The van der Waals surface area contributed by atoms with Crippen molar-refractivity contribution >= 4 is 0 Å². The van der Waals surface area contributed by atoms with E-state index in [0.717, 1.165) is 18.8 Å². The molecule has 0 bridgehead atoms. The zero-order chi connectivity index (χ0) is 16.9. The van der Waals surface area contributed by atoms with Crippen LogP contribution in [0.5, 0.6) is 0 Å². The van der Waals surface area contributed by atoms with Crippen LogP contribution in [0, 0.1) is 5.92 Å². The molecule has 0 aromatic carbocycles. The van der Waals surface area contributed by atoms with Crippen molar-refractivity contribution in [2.24, 2.45) is 5.92 Å². The smallest absolute Gasteiger partial charge is 0.118 e. The second kappa shape index (κ2) is 24.1. The van der Waals surface area contributed by atoms with Gasteiger partial charge in [-0.3, -0.25) is 0 Å². The minimum atomic E-state index is 0.679. The molecule has 0 fully saturated rings. The highest BCUT2D eigenvalue weighted by molar-refractivity contribution is 5.16. The highest BCUT2D eigenvalue weighted by atomic mass is 16.5. The molecule has 1 heteroatoms. The van der Waals surface area contributed by atoms with Crippen LogP contribution < -0.4 is 0 Å². The zero-order valence-electron chi connectivity index (χ0n) is 15.7. The Morgan fingerprint density at radius 1 is 1.10 bits per heavy atom. The third-order valence-electron chi connectivity index (χ3n) is 2.83. The molecule has 0 rings (SSSR count). The summed E-state index contributed by atoms with van der Waals surface area (Å²) in [5.74, 6) is 1.61. The lowest BCUT2D eigenvalue weighted by molar-refractivity contribution is 0.165. The van der Waals surface area contributed by atoms with Gasteiger partial charge in [-0.2, -0.15) is 0 Å². The van der Waals surface area contributed by atoms with Crippen LogP contribution in [0.2, 0.25) is 0 Å². The lowest BCUT2D eigenvalue weighted by Gasteiger charge is -2.15. The number of allylic oxidation sites excluding steroid dienone is 4. The Morgan fingerprint density at radius 2 is 1.71 bits per heavy atom. The number of unbranched alkanes of at least 4 members (excludes halogenated alkanes) is 1. The molecule has 1 atom stereocenters. The molecular weight excluding hydrogens is 256 g/mol. The lowest BCUT2D eigenvalue weighted by atomic mass is 10.0. The molecule has 0 heterocycles. The Bertz CT molecular complexity index is 238. The van der Waals surface area contributed by atoms with Crippen molar-refractivity contribution in [3.63, 3.8) is 0 Å². The Morgan fingerprint density at radius 3 is 2.14 bits per heavy atom. The van der Waals surface area contributed by atoms with Gasteiger partial charge in [-0.05, 0) is 30.9 Å². The van der Waals surface area contributed by atoms with E-state index in [9.17, 15) is 0 Å². The first-order chi connectivity index (χ1) is 10.3. The van der Waals surface area contributed by atoms with E-state index >= 15 is 0 Å². The third-order valence-corrected chi connectivity index (χ3v) is 2.83. The van der Waals surface area contributed by atoms with Gasteiger partial charge in [-0.1, -0.05) is 86.5 Å². The van der Waals surface area contributed by atoms with Gasteiger partial charge < -0.3 is 4.74 Å². The number of hydrogen-bond donors (Lipinski definition) is 0. The average Bonchev–Trinajstić information content (AvgIpc) is 2.56. The fourth-order valence-electron chi connectivity index (χ4n) is 1.61. The van der Waals surface area contributed by atoms with E-state index in [4.69, 9.17) is 4.74 Å². The molecule has 0 saturated carbocycles. The van der Waals surface area contributed by atoms with Crippen LogP contribution in [-0.2, 0) is 4.74 Å². The molecule has 0 N–H and O–H groups in total. The van der Waals surface area contributed by atoms with E-state index < -0.39 is 0 Å². The van der Waals surface area contributed by atoms with Gasteiger partial charge in [0.1, 0.15) is 5.76 Å². The summed E-state index contributed by atoms with van der Waals surface area (Å²) in [4.78, 5) is 0. The maximum atomic E-state index is 5.84. The van der Waals surface area contributed by atoms with Crippen molar-refractivity contribution in [1.29, 1.82) is 0 Å². The SMILES string of the molecule is C=C/C=C(\C=C/CC)OCC(CC)CCCC.CC.CC. The first-order valence-electron chi connectivity index (χ1n) is 8.90. The van der Waals surface area contributed by atoms with Crippen molar-refractivity contribution in [2.45, 2.75) is 80.6 Å². The van der Waals surface area contributed by atoms with E-state index in [1.54, 1.807) is 6.08 Å². The molecule has 0 aliphatic carbocycles.